The monoisotopic (exact) mass is 385 g/mol. The normalized spacial score (nSPS) is 22.3. The molecular weight excluding hydrogens is 363 g/mol. The van der Waals surface area contributed by atoms with E-state index in [1.807, 2.05) is 17.8 Å². The van der Waals surface area contributed by atoms with Crippen molar-refractivity contribution in [3.05, 3.63) is 34.3 Å². The summed E-state index contributed by atoms with van der Waals surface area (Å²) in [5.74, 6) is 0.925. The van der Waals surface area contributed by atoms with Gasteiger partial charge >= 0.3 is 6.18 Å². The van der Waals surface area contributed by atoms with Crippen LogP contribution in [0.4, 0.5) is 13.2 Å². The molecule has 9 heteroatoms. The van der Waals surface area contributed by atoms with Crippen molar-refractivity contribution in [2.75, 3.05) is 13.1 Å². The quantitative estimate of drug-likeness (QED) is 0.859. The maximum absolute atomic E-state index is 12.9. The first-order valence-corrected chi connectivity index (χ1v) is 9.62. The van der Waals surface area contributed by atoms with Crippen LogP contribution in [0, 0.1) is 5.41 Å². The average Bonchev–Trinajstić information content (AvgIpc) is 2.94. The predicted molar refractivity (Wildman–Crippen MR) is 92.5 cm³/mol. The summed E-state index contributed by atoms with van der Waals surface area (Å²) in [5.41, 5.74) is 0.306. The Bertz CT molecular complexity index is 763. The molecule has 1 saturated heterocycles. The van der Waals surface area contributed by atoms with Crippen molar-refractivity contribution < 1.29 is 13.2 Å². The van der Waals surface area contributed by atoms with E-state index >= 15 is 0 Å². The van der Waals surface area contributed by atoms with Crippen LogP contribution in [-0.4, -0.2) is 38.6 Å². The number of hydrogen-bond donors (Lipinski definition) is 1. The van der Waals surface area contributed by atoms with Gasteiger partial charge in [0.05, 0.1) is 19.3 Å². The Kier molecular flexibility index (Phi) is 4.56. The molecule has 1 spiro atoms. The van der Waals surface area contributed by atoms with Gasteiger partial charge in [0.2, 0.25) is 0 Å². The Hall–Kier alpha value is -1.45. The van der Waals surface area contributed by atoms with E-state index in [9.17, 15) is 13.2 Å². The number of imidazole rings is 1. The van der Waals surface area contributed by atoms with Crippen molar-refractivity contribution in [1.82, 2.24) is 24.8 Å². The van der Waals surface area contributed by atoms with Gasteiger partial charge < -0.3 is 9.88 Å². The number of piperidine rings is 1. The average molecular weight is 385 g/mol. The molecule has 2 aromatic heterocycles. The van der Waals surface area contributed by atoms with Crippen molar-refractivity contribution in [2.45, 2.75) is 44.6 Å². The molecule has 1 N–H and O–H groups in total. The summed E-state index contributed by atoms with van der Waals surface area (Å²) >= 11 is 0.748. The second-order valence-electron chi connectivity index (χ2n) is 7.31. The van der Waals surface area contributed by atoms with Crippen LogP contribution in [0.3, 0.4) is 0 Å². The van der Waals surface area contributed by atoms with Crippen LogP contribution in [0.5, 0.6) is 0 Å². The standard InChI is InChI=1S/C17H22F3N5S/c1-24-7-6-22-14(24)10-25(12-8-16(12)2-4-21-5-3-16)11-15-23-9-13(26-15)17(18,19)20/h6-7,9,12,21H,2-5,8,10-11H2,1H3. The molecule has 0 radical (unpaired) electrons. The van der Waals surface area contributed by atoms with E-state index in [0.29, 0.717) is 29.6 Å². The first-order chi connectivity index (χ1) is 12.4. The number of thiazole rings is 1. The molecule has 3 heterocycles. The summed E-state index contributed by atoms with van der Waals surface area (Å²) in [6, 6.07) is 0.388. The van der Waals surface area contributed by atoms with Gasteiger partial charge in [-0.25, -0.2) is 9.97 Å². The summed E-state index contributed by atoms with van der Waals surface area (Å²) in [6.07, 6.45) is 3.64. The summed E-state index contributed by atoms with van der Waals surface area (Å²) in [4.78, 5) is 10.1. The lowest BCUT2D eigenvalue weighted by Gasteiger charge is -2.29. The fraction of sp³-hybridized carbons (Fsp3) is 0.647. The van der Waals surface area contributed by atoms with Gasteiger partial charge in [-0.05, 0) is 37.8 Å². The van der Waals surface area contributed by atoms with Crippen LogP contribution in [0.25, 0.3) is 0 Å². The second-order valence-corrected chi connectivity index (χ2v) is 8.42. The van der Waals surface area contributed by atoms with Crippen LogP contribution in [0.15, 0.2) is 18.6 Å². The van der Waals surface area contributed by atoms with Crippen LogP contribution in [-0.2, 0) is 26.3 Å². The van der Waals surface area contributed by atoms with E-state index in [4.69, 9.17) is 0 Å². The first-order valence-electron chi connectivity index (χ1n) is 8.80. The number of nitrogens with zero attached hydrogens (tertiary/aromatic N) is 4. The van der Waals surface area contributed by atoms with Gasteiger partial charge in [0.25, 0.3) is 0 Å². The zero-order valence-corrected chi connectivity index (χ0v) is 15.4. The number of hydrogen-bond acceptors (Lipinski definition) is 5. The second kappa shape index (κ2) is 6.61. The molecule has 1 aliphatic carbocycles. The third-order valence-electron chi connectivity index (χ3n) is 5.62. The Labute approximate surface area is 154 Å². The summed E-state index contributed by atoms with van der Waals surface area (Å²) in [6.45, 7) is 3.10. The van der Waals surface area contributed by atoms with Crippen LogP contribution < -0.4 is 5.32 Å². The smallest absolute Gasteiger partial charge is 0.337 e. The third-order valence-corrected chi connectivity index (χ3v) is 6.65. The molecule has 2 fully saturated rings. The van der Waals surface area contributed by atoms with Gasteiger partial charge in [-0.2, -0.15) is 13.2 Å². The van der Waals surface area contributed by atoms with Crippen molar-refractivity contribution >= 4 is 11.3 Å². The molecule has 1 unspecified atom stereocenters. The number of nitrogens with one attached hydrogen (secondary N) is 1. The maximum atomic E-state index is 12.9. The van der Waals surface area contributed by atoms with E-state index < -0.39 is 11.1 Å². The summed E-state index contributed by atoms with van der Waals surface area (Å²) in [5, 5.41) is 3.91. The Morgan fingerprint density at radius 3 is 2.69 bits per heavy atom. The number of halogens is 3. The summed E-state index contributed by atoms with van der Waals surface area (Å²) < 4.78 is 40.6. The highest BCUT2D eigenvalue weighted by Gasteiger charge is 2.56. The van der Waals surface area contributed by atoms with E-state index in [1.165, 1.54) is 0 Å². The Morgan fingerprint density at radius 2 is 2.08 bits per heavy atom. The molecule has 2 aromatic rings. The highest BCUT2D eigenvalue weighted by Crippen LogP contribution is 2.56. The van der Waals surface area contributed by atoms with E-state index in [1.54, 1.807) is 6.20 Å². The minimum Gasteiger partial charge on any atom is -0.337 e. The van der Waals surface area contributed by atoms with Crippen LogP contribution in [0.1, 0.15) is 35.0 Å². The molecule has 142 valence electrons. The third kappa shape index (κ3) is 3.52. The highest BCUT2D eigenvalue weighted by molar-refractivity contribution is 7.11. The molecule has 5 nitrogen and oxygen atoms in total. The van der Waals surface area contributed by atoms with E-state index in [2.05, 4.69) is 20.2 Å². The fourth-order valence-corrected chi connectivity index (χ4v) is 4.81. The molecule has 0 aromatic carbocycles. The lowest BCUT2D eigenvalue weighted by atomic mass is 9.93. The van der Waals surface area contributed by atoms with Crippen molar-refractivity contribution in [3.63, 3.8) is 0 Å². The zero-order chi connectivity index (χ0) is 18.4. The first kappa shape index (κ1) is 17.9. The predicted octanol–water partition coefficient (Wildman–Crippen LogP) is 3.04. The van der Waals surface area contributed by atoms with Crippen molar-refractivity contribution in [1.29, 1.82) is 0 Å². The van der Waals surface area contributed by atoms with Gasteiger partial charge in [-0.3, -0.25) is 4.90 Å². The van der Waals surface area contributed by atoms with Crippen molar-refractivity contribution in [2.24, 2.45) is 12.5 Å². The molecule has 0 bridgehead atoms. The molecular formula is C17H22F3N5S. The number of aromatic nitrogens is 3. The highest BCUT2D eigenvalue weighted by atomic mass is 32.1. The molecule has 4 rings (SSSR count). The van der Waals surface area contributed by atoms with Gasteiger partial charge in [0.1, 0.15) is 15.7 Å². The minimum atomic E-state index is -4.32. The lowest BCUT2D eigenvalue weighted by molar-refractivity contribution is -0.134. The minimum absolute atomic E-state index is 0.306. The topological polar surface area (TPSA) is 46.0 Å². The molecule has 0 amide bonds. The SMILES string of the molecule is Cn1ccnc1CN(Cc1ncc(C(F)(F)F)s1)C1CC12CCNCC2. The Morgan fingerprint density at radius 1 is 1.31 bits per heavy atom. The number of alkyl halides is 3. The van der Waals surface area contributed by atoms with Crippen LogP contribution in [0.2, 0.25) is 0 Å². The lowest BCUT2D eigenvalue weighted by Crippen LogP contribution is -2.36. The van der Waals surface area contributed by atoms with Crippen LogP contribution >= 0.6 is 11.3 Å². The fourth-order valence-electron chi connectivity index (χ4n) is 4.00. The van der Waals surface area contributed by atoms with Crippen molar-refractivity contribution in [3.8, 4) is 0 Å². The molecule has 1 saturated carbocycles. The maximum Gasteiger partial charge on any atom is 0.427 e. The molecule has 2 aliphatic rings. The zero-order valence-electron chi connectivity index (χ0n) is 14.6. The molecule has 1 atom stereocenters. The van der Waals surface area contributed by atoms with Gasteiger partial charge in [0, 0.05) is 25.5 Å². The van der Waals surface area contributed by atoms with E-state index in [-0.39, 0.29) is 0 Å². The van der Waals surface area contributed by atoms with Gasteiger partial charge in [-0.15, -0.1) is 11.3 Å². The van der Waals surface area contributed by atoms with Gasteiger partial charge in [-0.1, -0.05) is 0 Å². The summed E-state index contributed by atoms with van der Waals surface area (Å²) in [7, 11) is 1.94. The number of aryl methyl sites for hydroxylation is 1. The number of rotatable bonds is 5. The van der Waals surface area contributed by atoms with E-state index in [0.717, 1.165) is 55.7 Å². The molecule has 26 heavy (non-hydrogen) atoms. The van der Waals surface area contributed by atoms with Gasteiger partial charge in [0.15, 0.2) is 0 Å². The Balaban J connectivity index is 1.53. The molecule has 1 aliphatic heterocycles. The largest absolute Gasteiger partial charge is 0.427 e.